The van der Waals surface area contributed by atoms with Gasteiger partial charge in [-0.15, -0.1) is 11.3 Å². The summed E-state index contributed by atoms with van der Waals surface area (Å²) in [5.74, 6) is 1.17. The van der Waals surface area contributed by atoms with Gasteiger partial charge in [0, 0.05) is 45.0 Å². The molecule has 128 valence electrons. The van der Waals surface area contributed by atoms with Crippen LogP contribution in [0.5, 0.6) is 0 Å². The number of aliphatic imine (C=N–C) groups is 1. The van der Waals surface area contributed by atoms with Crippen LogP contribution in [0.2, 0.25) is 0 Å². The average molecular weight is 338 g/mol. The number of carbonyl (C=O) groups is 1. The summed E-state index contributed by atoms with van der Waals surface area (Å²) in [6, 6.07) is 0. The van der Waals surface area contributed by atoms with Gasteiger partial charge in [0.25, 0.3) is 0 Å². The van der Waals surface area contributed by atoms with Crippen molar-refractivity contribution >= 4 is 28.3 Å². The van der Waals surface area contributed by atoms with Crippen molar-refractivity contribution in [2.45, 2.75) is 26.3 Å². The standard InChI is InChI=1S/C15H26N6OS/c1-4-16-14(18-8-7-17-13(22)11-5-6-11)19-9-12-10-23-15(20-12)21(2)3/h10-11H,4-9H2,1-3H3,(H,17,22)(H2,16,18,19). The van der Waals surface area contributed by atoms with Crippen molar-refractivity contribution in [3.63, 3.8) is 0 Å². The number of nitrogens with zero attached hydrogens (tertiary/aromatic N) is 3. The van der Waals surface area contributed by atoms with Gasteiger partial charge in [-0.2, -0.15) is 0 Å². The Bertz CT molecular complexity index is 538. The molecule has 0 bridgehead atoms. The fourth-order valence-electron chi connectivity index (χ4n) is 1.93. The molecule has 1 aromatic rings. The molecule has 1 fully saturated rings. The number of amides is 1. The van der Waals surface area contributed by atoms with E-state index in [1.54, 1.807) is 11.3 Å². The quantitative estimate of drug-likeness (QED) is 0.371. The van der Waals surface area contributed by atoms with Gasteiger partial charge in [-0.05, 0) is 19.8 Å². The minimum atomic E-state index is 0.174. The van der Waals surface area contributed by atoms with Crippen molar-refractivity contribution in [2.24, 2.45) is 10.9 Å². The average Bonchev–Trinajstić information content (AvgIpc) is 3.27. The van der Waals surface area contributed by atoms with Crippen LogP contribution in [0, 0.1) is 5.92 Å². The monoisotopic (exact) mass is 338 g/mol. The first-order chi connectivity index (χ1) is 11.1. The lowest BCUT2D eigenvalue weighted by Crippen LogP contribution is -2.41. The van der Waals surface area contributed by atoms with Crippen LogP contribution in [0.1, 0.15) is 25.5 Å². The highest BCUT2D eigenvalue weighted by atomic mass is 32.1. The number of hydrogen-bond donors (Lipinski definition) is 3. The zero-order valence-corrected chi connectivity index (χ0v) is 14.9. The Morgan fingerprint density at radius 3 is 2.70 bits per heavy atom. The van der Waals surface area contributed by atoms with E-state index in [2.05, 4.69) is 25.9 Å². The molecule has 1 heterocycles. The summed E-state index contributed by atoms with van der Waals surface area (Å²) >= 11 is 1.61. The topological polar surface area (TPSA) is 81.7 Å². The fraction of sp³-hybridized carbons (Fsp3) is 0.667. The minimum Gasteiger partial charge on any atom is -0.357 e. The first kappa shape index (κ1) is 17.5. The van der Waals surface area contributed by atoms with Crippen molar-refractivity contribution in [1.29, 1.82) is 0 Å². The smallest absolute Gasteiger partial charge is 0.223 e. The van der Waals surface area contributed by atoms with Crippen LogP contribution in [0.15, 0.2) is 10.4 Å². The molecule has 8 heteroatoms. The highest BCUT2D eigenvalue weighted by molar-refractivity contribution is 7.13. The van der Waals surface area contributed by atoms with Gasteiger partial charge in [0.2, 0.25) is 5.91 Å². The lowest BCUT2D eigenvalue weighted by molar-refractivity contribution is -0.122. The van der Waals surface area contributed by atoms with Crippen LogP contribution in [0.4, 0.5) is 5.13 Å². The normalized spacial score (nSPS) is 14.5. The van der Waals surface area contributed by atoms with E-state index in [9.17, 15) is 4.79 Å². The lowest BCUT2D eigenvalue weighted by Gasteiger charge is -2.11. The highest BCUT2D eigenvalue weighted by Gasteiger charge is 2.28. The number of guanidine groups is 1. The molecule has 0 aromatic carbocycles. The van der Waals surface area contributed by atoms with Crippen LogP contribution < -0.4 is 20.9 Å². The van der Waals surface area contributed by atoms with Gasteiger partial charge in [0.1, 0.15) is 0 Å². The maximum Gasteiger partial charge on any atom is 0.223 e. The molecule has 1 amide bonds. The van der Waals surface area contributed by atoms with Crippen molar-refractivity contribution < 1.29 is 4.79 Å². The number of aromatic nitrogens is 1. The molecule has 0 radical (unpaired) electrons. The molecule has 3 N–H and O–H groups in total. The van der Waals surface area contributed by atoms with E-state index in [0.29, 0.717) is 19.6 Å². The Balaban J connectivity index is 1.75. The van der Waals surface area contributed by atoms with E-state index in [1.807, 2.05) is 31.3 Å². The summed E-state index contributed by atoms with van der Waals surface area (Å²) < 4.78 is 0. The molecule has 1 aromatic heterocycles. The van der Waals surface area contributed by atoms with Gasteiger partial charge >= 0.3 is 0 Å². The molecule has 0 saturated heterocycles. The second kappa shape index (κ2) is 8.71. The molecule has 7 nitrogen and oxygen atoms in total. The molecule has 1 aliphatic carbocycles. The number of anilines is 1. The van der Waals surface area contributed by atoms with Gasteiger partial charge < -0.3 is 20.9 Å². The third-order valence-corrected chi connectivity index (χ3v) is 4.39. The number of rotatable bonds is 8. The maximum absolute atomic E-state index is 11.5. The Kier molecular flexibility index (Phi) is 6.64. The SMILES string of the molecule is CCNC(=NCc1csc(N(C)C)n1)NCCNC(=O)C1CC1. The fourth-order valence-corrected chi connectivity index (χ4v) is 2.68. The van der Waals surface area contributed by atoms with Crippen molar-refractivity contribution in [2.75, 3.05) is 38.6 Å². The second-order valence-electron chi connectivity index (χ2n) is 5.70. The molecule has 0 spiro atoms. The third-order valence-electron chi connectivity index (χ3n) is 3.33. The molecule has 0 atom stereocenters. The first-order valence-corrected chi connectivity index (χ1v) is 8.89. The predicted molar refractivity (Wildman–Crippen MR) is 95.0 cm³/mol. The predicted octanol–water partition coefficient (Wildman–Crippen LogP) is 0.790. The number of nitrogens with one attached hydrogen (secondary N) is 3. The van der Waals surface area contributed by atoms with Gasteiger partial charge in [-0.3, -0.25) is 4.79 Å². The zero-order valence-electron chi connectivity index (χ0n) is 14.1. The van der Waals surface area contributed by atoms with Crippen LogP contribution in [-0.4, -0.2) is 50.6 Å². The van der Waals surface area contributed by atoms with Gasteiger partial charge in [0.15, 0.2) is 11.1 Å². The second-order valence-corrected chi connectivity index (χ2v) is 6.54. The molecule has 1 saturated carbocycles. The largest absolute Gasteiger partial charge is 0.357 e. The number of carbonyl (C=O) groups excluding carboxylic acids is 1. The molecular weight excluding hydrogens is 312 g/mol. The van der Waals surface area contributed by atoms with E-state index in [4.69, 9.17) is 0 Å². The highest BCUT2D eigenvalue weighted by Crippen LogP contribution is 2.28. The minimum absolute atomic E-state index is 0.174. The Morgan fingerprint density at radius 1 is 1.35 bits per heavy atom. The summed E-state index contributed by atoms with van der Waals surface area (Å²) in [6.45, 7) is 4.62. The zero-order chi connectivity index (χ0) is 16.7. The third kappa shape index (κ3) is 6.05. The Hall–Kier alpha value is -1.83. The van der Waals surface area contributed by atoms with Gasteiger partial charge in [-0.25, -0.2) is 9.98 Å². The van der Waals surface area contributed by atoms with Crippen LogP contribution >= 0.6 is 11.3 Å². The van der Waals surface area contributed by atoms with E-state index >= 15 is 0 Å². The van der Waals surface area contributed by atoms with E-state index in [-0.39, 0.29) is 11.8 Å². The summed E-state index contributed by atoms with van der Waals surface area (Å²) in [6.07, 6.45) is 2.07. The summed E-state index contributed by atoms with van der Waals surface area (Å²) in [7, 11) is 3.96. The van der Waals surface area contributed by atoms with Crippen LogP contribution in [0.25, 0.3) is 0 Å². The van der Waals surface area contributed by atoms with Crippen molar-refractivity contribution in [3.8, 4) is 0 Å². The number of thiazole rings is 1. The summed E-state index contributed by atoms with van der Waals surface area (Å²) in [5, 5.41) is 12.4. The molecular formula is C15H26N6OS. The van der Waals surface area contributed by atoms with E-state index < -0.39 is 0 Å². The van der Waals surface area contributed by atoms with Crippen LogP contribution in [0.3, 0.4) is 0 Å². The Labute approximate surface area is 141 Å². The molecule has 23 heavy (non-hydrogen) atoms. The lowest BCUT2D eigenvalue weighted by atomic mass is 10.4. The van der Waals surface area contributed by atoms with Gasteiger partial charge in [-0.1, -0.05) is 0 Å². The summed E-state index contributed by atoms with van der Waals surface area (Å²) in [4.78, 5) is 22.6. The Morgan fingerprint density at radius 2 is 2.09 bits per heavy atom. The van der Waals surface area contributed by atoms with Crippen molar-refractivity contribution in [1.82, 2.24) is 20.9 Å². The summed E-state index contributed by atoms with van der Waals surface area (Å²) in [5.41, 5.74) is 0.956. The van der Waals surface area contributed by atoms with Gasteiger partial charge in [0.05, 0.1) is 12.2 Å². The van der Waals surface area contributed by atoms with Crippen LogP contribution in [-0.2, 0) is 11.3 Å². The van der Waals surface area contributed by atoms with E-state index in [0.717, 1.165) is 36.2 Å². The number of hydrogen-bond acceptors (Lipinski definition) is 5. The maximum atomic E-state index is 11.5. The molecule has 0 aliphatic heterocycles. The first-order valence-electron chi connectivity index (χ1n) is 8.01. The molecule has 1 aliphatic rings. The van der Waals surface area contributed by atoms with E-state index in [1.165, 1.54) is 0 Å². The molecule has 2 rings (SSSR count). The molecule has 0 unspecified atom stereocenters. The van der Waals surface area contributed by atoms with Crippen molar-refractivity contribution in [3.05, 3.63) is 11.1 Å².